The first kappa shape index (κ1) is 18.3. The van der Waals surface area contributed by atoms with Gasteiger partial charge in [-0.15, -0.1) is 0 Å². The molecule has 0 aliphatic carbocycles. The first-order valence-electron chi connectivity index (χ1n) is 6.30. The number of carbonyl (C=O) groups is 1. The maximum Gasteiger partial charge on any atom is 0.416 e. The molecule has 0 aliphatic rings. The van der Waals surface area contributed by atoms with Crippen LogP contribution in [0.3, 0.4) is 0 Å². The predicted molar refractivity (Wildman–Crippen MR) is 77.2 cm³/mol. The quantitative estimate of drug-likeness (QED) is 0.832. The highest BCUT2D eigenvalue weighted by molar-refractivity contribution is 7.84. The van der Waals surface area contributed by atoms with E-state index >= 15 is 0 Å². The number of hydrogen-bond donors (Lipinski definition) is 2. The van der Waals surface area contributed by atoms with Crippen LogP contribution in [0.4, 0.5) is 18.0 Å². The van der Waals surface area contributed by atoms with E-state index in [0.29, 0.717) is 0 Å². The summed E-state index contributed by atoms with van der Waals surface area (Å²) in [4.78, 5) is 11.5. The molecule has 0 spiro atoms. The first-order valence-corrected chi connectivity index (χ1v) is 8.02. The third-order valence-electron chi connectivity index (χ3n) is 2.74. The number of carbonyl (C=O) groups excluding carboxylic acids is 1. The average Bonchev–Trinajstić information content (AvgIpc) is 2.43. The molecule has 0 fully saturated rings. The Morgan fingerprint density at radius 3 is 2.55 bits per heavy atom. The zero-order chi connectivity index (χ0) is 16.8. The van der Waals surface area contributed by atoms with E-state index in [0.717, 1.165) is 6.07 Å². The van der Waals surface area contributed by atoms with Crippen LogP contribution in [-0.4, -0.2) is 35.9 Å². The summed E-state index contributed by atoms with van der Waals surface area (Å²) in [5.74, 6) is 0.370. The number of halogens is 3. The standard InChI is InChI=1S/C13H17F3N2O3S/c1-21-10-4-3-9(11(7-10)13(14,15)16)8-18-12(19)17-5-6-22(2)20/h3-4,7H,5-6,8H2,1-2H3,(H2,17,18,19)/t22-/m1/s1. The van der Waals surface area contributed by atoms with Crippen LogP contribution in [0.25, 0.3) is 0 Å². The minimum atomic E-state index is -4.54. The van der Waals surface area contributed by atoms with E-state index in [1.165, 1.54) is 25.5 Å². The molecule has 0 aliphatic heterocycles. The second kappa shape index (κ2) is 8.02. The predicted octanol–water partition coefficient (Wildman–Crippen LogP) is 1.89. The summed E-state index contributed by atoms with van der Waals surface area (Å²) in [6, 6.07) is 2.91. The van der Waals surface area contributed by atoms with Crippen molar-refractivity contribution < 1.29 is 26.9 Å². The largest absolute Gasteiger partial charge is 0.497 e. The Morgan fingerprint density at radius 1 is 1.32 bits per heavy atom. The number of benzene rings is 1. The molecule has 22 heavy (non-hydrogen) atoms. The molecular weight excluding hydrogens is 321 g/mol. The summed E-state index contributed by atoms with van der Waals surface area (Å²) in [5.41, 5.74) is -0.927. The monoisotopic (exact) mass is 338 g/mol. The zero-order valence-electron chi connectivity index (χ0n) is 12.1. The van der Waals surface area contributed by atoms with E-state index in [1.54, 1.807) is 0 Å². The van der Waals surface area contributed by atoms with Gasteiger partial charge in [0.2, 0.25) is 0 Å². The fraction of sp³-hybridized carbons (Fsp3) is 0.462. The third-order valence-corrected chi connectivity index (χ3v) is 3.52. The van der Waals surface area contributed by atoms with Crippen LogP contribution in [0.15, 0.2) is 18.2 Å². The van der Waals surface area contributed by atoms with Gasteiger partial charge >= 0.3 is 12.2 Å². The summed E-state index contributed by atoms with van der Waals surface area (Å²) in [6.07, 6.45) is -3.05. The topological polar surface area (TPSA) is 67.4 Å². The smallest absolute Gasteiger partial charge is 0.416 e. The number of nitrogens with one attached hydrogen (secondary N) is 2. The summed E-state index contributed by atoms with van der Waals surface area (Å²) in [7, 11) is 0.230. The second-order valence-electron chi connectivity index (χ2n) is 4.41. The molecule has 5 nitrogen and oxygen atoms in total. The van der Waals surface area contributed by atoms with Crippen LogP contribution in [-0.2, 0) is 23.5 Å². The Labute approximate surface area is 128 Å². The van der Waals surface area contributed by atoms with Gasteiger partial charge in [-0.2, -0.15) is 13.2 Å². The molecule has 0 radical (unpaired) electrons. The Morgan fingerprint density at radius 2 is 2.00 bits per heavy atom. The van der Waals surface area contributed by atoms with Crippen LogP contribution >= 0.6 is 0 Å². The van der Waals surface area contributed by atoms with Crippen LogP contribution in [0.5, 0.6) is 5.75 Å². The number of alkyl halides is 3. The van der Waals surface area contributed by atoms with Crippen LogP contribution in [0.2, 0.25) is 0 Å². The SMILES string of the molecule is COc1ccc(CNC(=O)NCC[S@@](C)=O)c(C(F)(F)F)c1. The maximum atomic E-state index is 13.0. The van der Waals surface area contributed by atoms with Crippen molar-refractivity contribution in [3.63, 3.8) is 0 Å². The van der Waals surface area contributed by atoms with Crippen molar-refractivity contribution >= 4 is 16.8 Å². The highest BCUT2D eigenvalue weighted by Gasteiger charge is 2.33. The molecule has 124 valence electrons. The lowest BCUT2D eigenvalue weighted by Crippen LogP contribution is -2.37. The zero-order valence-corrected chi connectivity index (χ0v) is 12.9. The second-order valence-corrected chi connectivity index (χ2v) is 5.96. The third kappa shape index (κ3) is 5.92. The lowest BCUT2D eigenvalue weighted by Gasteiger charge is -2.15. The molecule has 1 aromatic carbocycles. The number of rotatable bonds is 6. The van der Waals surface area contributed by atoms with Gasteiger partial charge in [-0.25, -0.2) is 4.79 Å². The van der Waals surface area contributed by atoms with Crippen molar-refractivity contribution in [2.24, 2.45) is 0 Å². The van der Waals surface area contributed by atoms with Gasteiger partial charge in [0.25, 0.3) is 0 Å². The van der Waals surface area contributed by atoms with Crippen molar-refractivity contribution in [1.82, 2.24) is 10.6 Å². The molecule has 0 saturated heterocycles. The molecule has 0 unspecified atom stereocenters. The fourth-order valence-electron chi connectivity index (χ4n) is 1.65. The fourth-order valence-corrected chi connectivity index (χ4v) is 2.04. The molecule has 2 amide bonds. The lowest BCUT2D eigenvalue weighted by molar-refractivity contribution is -0.138. The number of amides is 2. The Balaban J connectivity index is 2.69. The van der Waals surface area contributed by atoms with Gasteiger partial charge in [-0.3, -0.25) is 4.21 Å². The summed E-state index contributed by atoms with van der Waals surface area (Å²) in [6.45, 7) is -0.0937. The van der Waals surface area contributed by atoms with Crippen molar-refractivity contribution in [3.8, 4) is 5.75 Å². The van der Waals surface area contributed by atoms with E-state index in [4.69, 9.17) is 4.74 Å². The van der Waals surface area contributed by atoms with Gasteiger partial charge in [-0.1, -0.05) is 6.07 Å². The van der Waals surface area contributed by atoms with Crippen LogP contribution in [0, 0.1) is 0 Å². The molecule has 1 aromatic rings. The minimum Gasteiger partial charge on any atom is -0.497 e. The van der Waals surface area contributed by atoms with Gasteiger partial charge in [0.1, 0.15) is 5.75 Å². The van der Waals surface area contributed by atoms with Crippen molar-refractivity contribution in [2.45, 2.75) is 12.7 Å². The maximum absolute atomic E-state index is 13.0. The lowest BCUT2D eigenvalue weighted by atomic mass is 10.1. The molecule has 0 saturated carbocycles. The Kier molecular flexibility index (Phi) is 6.66. The van der Waals surface area contributed by atoms with Crippen LogP contribution in [0.1, 0.15) is 11.1 Å². The Hall–Kier alpha value is -1.77. The first-order chi connectivity index (χ1) is 10.2. The number of ether oxygens (including phenoxy) is 1. The molecule has 0 bridgehead atoms. The molecule has 0 heterocycles. The van der Waals surface area contributed by atoms with E-state index in [-0.39, 0.29) is 30.2 Å². The van der Waals surface area contributed by atoms with Gasteiger partial charge in [0, 0.05) is 35.9 Å². The molecule has 1 atom stereocenters. The number of methoxy groups -OCH3 is 1. The van der Waals surface area contributed by atoms with Crippen molar-refractivity contribution in [2.75, 3.05) is 25.7 Å². The van der Waals surface area contributed by atoms with E-state index in [1.807, 2.05) is 0 Å². The molecule has 9 heteroatoms. The highest BCUT2D eigenvalue weighted by Crippen LogP contribution is 2.34. The average molecular weight is 338 g/mol. The van der Waals surface area contributed by atoms with E-state index < -0.39 is 28.6 Å². The molecule has 2 N–H and O–H groups in total. The number of urea groups is 1. The van der Waals surface area contributed by atoms with Gasteiger partial charge in [0.15, 0.2) is 0 Å². The van der Waals surface area contributed by atoms with E-state index in [2.05, 4.69) is 10.6 Å². The van der Waals surface area contributed by atoms with Gasteiger partial charge in [0.05, 0.1) is 12.7 Å². The molecule has 0 aromatic heterocycles. The van der Waals surface area contributed by atoms with Crippen molar-refractivity contribution in [1.29, 1.82) is 0 Å². The Bertz CT molecular complexity index is 550. The minimum absolute atomic E-state index is 0.0671. The summed E-state index contributed by atoms with van der Waals surface area (Å²) < 4.78 is 54.5. The molecule has 1 rings (SSSR count). The highest BCUT2D eigenvalue weighted by atomic mass is 32.2. The normalized spacial score (nSPS) is 12.6. The summed E-state index contributed by atoms with van der Waals surface area (Å²) >= 11 is 0. The van der Waals surface area contributed by atoms with Gasteiger partial charge < -0.3 is 15.4 Å². The van der Waals surface area contributed by atoms with E-state index in [9.17, 15) is 22.2 Å². The summed E-state index contributed by atoms with van der Waals surface area (Å²) in [5, 5.41) is 4.75. The van der Waals surface area contributed by atoms with Crippen molar-refractivity contribution in [3.05, 3.63) is 29.3 Å². The van der Waals surface area contributed by atoms with Gasteiger partial charge in [-0.05, 0) is 17.7 Å². The number of hydrogen-bond acceptors (Lipinski definition) is 3. The molecular formula is C13H17F3N2O3S. The van der Waals surface area contributed by atoms with Crippen LogP contribution < -0.4 is 15.4 Å².